The summed E-state index contributed by atoms with van der Waals surface area (Å²) in [6.07, 6.45) is 3.52. The summed E-state index contributed by atoms with van der Waals surface area (Å²) in [7, 11) is 1.33. The molecule has 108 valence electrons. The Kier molecular flexibility index (Phi) is 5.06. The van der Waals surface area contributed by atoms with Crippen LogP contribution in [0.3, 0.4) is 0 Å². The van der Waals surface area contributed by atoms with Gasteiger partial charge in [-0.3, -0.25) is 4.79 Å². The SMILES string of the molecule is COC(=O)C(CSc1ccc2c(c1)CCC2)NC(C)=O. The lowest BCUT2D eigenvalue weighted by Crippen LogP contribution is -2.42. The average molecular weight is 293 g/mol. The molecule has 1 aromatic carbocycles. The van der Waals surface area contributed by atoms with E-state index >= 15 is 0 Å². The molecule has 1 unspecified atom stereocenters. The van der Waals surface area contributed by atoms with Crippen molar-refractivity contribution >= 4 is 23.6 Å². The van der Waals surface area contributed by atoms with Gasteiger partial charge in [0.25, 0.3) is 0 Å². The lowest BCUT2D eigenvalue weighted by Gasteiger charge is -2.15. The molecule has 5 heteroatoms. The number of carbonyl (C=O) groups is 2. The number of aryl methyl sites for hydroxylation is 2. The van der Waals surface area contributed by atoms with E-state index in [0.29, 0.717) is 5.75 Å². The number of hydrogen-bond acceptors (Lipinski definition) is 4. The zero-order chi connectivity index (χ0) is 14.5. The highest BCUT2D eigenvalue weighted by Gasteiger charge is 2.20. The van der Waals surface area contributed by atoms with Crippen LogP contribution in [0.2, 0.25) is 0 Å². The van der Waals surface area contributed by atoms with Crippen molar-refractivity contribution in [1.29, 1.82) is 0 Å². The van der Waals surface area contributed by atoms with Gasteiger partial charge in [0.2, 0.25) is 5.91 Å². The van der Waals surface area contributed by atoms with Crippen LogP contribution in [0.4, 0.5) is 0 Å². The Bertz CT molecular complexity index is 516. The normalized spacial score (nSPS) is 14.5. The van der Waals surface area contributed by atoms with Gasteiger partial charge in [-0.15, -0.1) is 11.8 Å². The van der Waals surface area contributed by atoms with Crippen LogP contribution in [0.15, 0.2) is 23.1 Å². The number of methoxy groups -OCH3 is 1. The third-order valence-corrected chi connectivity index (χ3v) is 4.44. The highest BCUT2D eigenvalue weighted by atomic mass is 32.2. The summed E-state index contributed by atoms with van der Waals surface area (Å²) in [5.41, 5.74) is 2.84. The van der Waals surface area contributed by atoms with Crippen molar-refractivity contribution in [2.75, 3.05) is 12.9 Å². The van der Waals surface area contributed by atoms with Crippen molar-refractivity contribution in [3.05, 3.63) is 29.3 Å². The Labute approximate surface area is 123 Å². The summed E-state index contributed by atoms with van der Waals surface area (Å²) in [4.78, 5) is 23.8. The topological polar surface area (TPSA) is 55.4 Å². The molecule has 1 N–H and O–H groups in total. The van der Waals surface area contributed by atoms with E-state index in [-0.39, 0.29) is 5.91 Å². The minimum Gasteiger partial charge on any atom is -0.467 e. The van der Waals surface area contributed by atoms with Gasteiger partial charge < -0.3 is 10.1 Å². The minimum atomic E-state index is -0.601. The Morgan fingerprint density at radius 1 is 1.35 bits per heavy atom. The molecule has 0 bridgehead atoms. The monoisotopic (exact) mass is 293 g/mol. The first-order chi connectivity index (χ1) is 9.60. The van der Waals surface area contributed by atoms with Gasteiger partial charge in [0.15, 0.2) is 0 Å². The first-order valence-corrected chi connectivity index (χ1v) is 7.68. The van der Waals surface area contributed by atoms with Crippen LogP contribution in [-0.2, 0) is 27.2 Å². The Balaban J connectivity index is 1.98. The van der Waals surface area contributed by atoms with Gasteiger partial charge in [0.1, 0.15) is 6.04 Å². The molecule has 0 radical (unpaired) electrons. The molecule has 1 aliphatic rings. The Morgan fingerprint density at radius 2 is 2.10 bits per heavy atom. The molecule has 0 fully saturated rings. The third-order valence-electron chi connectivity index (χ3n) is 3.35. The van der Waals surface area contributed by atoms with Gasteiger partial charge in [-0.1, -0.05) is 6.07 Å². The summed E-state index contributed by atoms with van der Waals surface area (Å²) in [6, 6.07) is 5.83. The molecule has 0 saturated heterocycles. The van der Waals surface area contributed by atoms with Gasteiger partial charge in [-0.25, -0.2) is 4.79 Å². The maximum Gasteiger partial charge on any atom is 0.329 e. The van der Waals surface area contributed by atoms with Crippen molar-refractivity contribution < 1.29 is 14.3 Å². The predicted molar refractivity (Wildman–Crippen MR) is 78.8 cm³/mol. The molecule has 4 nitrogen and oxygen atoms in total. The fourth-order valence-electron chi connectivity index (χ4n) is 2.37. The fourth-order valence-corrected chi connectivity index (χ4v) is 3.34. The molecule has 20 heavy (non-hydrogen) atoms. The molecule has 1 atom stereocenters. The van der Waals surface area contributed by atoms with Crippen LogP contribution in [0.1, 0.15) is 24.5 Å². The van der Waals surface area contributed by atoms with Crippen LogP contribution in [0.25, 0.3) is 0 Å². The number of nitrogens with one attached hydrogen (secondary N) is 1. The number of carbonyl (C=O) groups excluding carboxylic acids is 2. The van der Waals surface area contributed by atoms with Gasteiger partial charge in [-0.2, -0.15) is 0 Å². The maximum atomic E-state index is 11.6. The maximum absolute atomic E-state index is 11.6. The molecule has 1 aliphatic carbocycles. The molecular formula is C15H19NO3S. The highest BCUT2D eigenvalue weighted by molar-refractivity contribution is 7.99. The largest absolute Gasteiger partial charge is 0.467 e. The van der Waals surface area contributed by atoms with E-state index in [0.717, 1.165) is 17.7 Å². The summed E-state index contributed by atoms with van der Waals surface area (Å²) in [5, 5.41) is 2.62. The van der Waals surface area contributed by atoms with Gasteiger partial charge in [0, 0.05) is 17.6 Å². The standard InChI is InChI=1S/C15H19NO3S/c1-10(17)16-14(15(18)19-2)9-20-13-7-6-11-4-3-5-12(11)8-13/h6-8,14H,3-5,9H2,1-2H3,(H,16,17). The number of esters is 1. The predicted octanol–water partition coefficient (Wildman–Crippen LogP) is 1.95. The van der Waals surface area contributed by atoms with E-state index in [1.54, 1.807) is 11.8 Å². The smallest absolute Gasteiger partial charge is 0.329 e. The second kappa shape index (κ2) is 6.79. The molecule has 0 aliphatic heterocycles. The first-order valence-electron chi connectivity index (χ1n) is 6.69. The average Bonchev–Trinajstić information content (AvgIpc) is 2.89. The molecule has 0 spiro atoms. The second-order valence-corrected chi connectivity index (χ2v) is 5.96. The number of ether oxygens (including phenoxy) is 1. The molecule has 0 heterocycles. The Hall–Kier alpha value is -1.49. The molecule has 0 saturated carbocycles. The van der Waals surface area contributed by atoms with Crippen molar-refractivity contribution in [2.45, 2.75) is 37.1 Å². The van der Waals surface area contributed by atoms with Crippen LogP contribution in [0, 0.1) is 0 Å². The van der Waals surface area contributed by atoms with Crippen LogP contribution in [-0.4, -0.2) is 30.8 Å². The zero-order valence-electron chi connectivity index (χ0n) is 11.8. The second-order valence-electron chi connectivity index (χ2n) is 4.87. The van der Waals surface area contributed by atoms with Crippen LogP contribution >= 0.6 is 11.8 Å². The number of thioether (sulfide) groups is 1. The summed E-state index contributed by atoms with van der Waals surface area (Å²) < 4.78 is 4.71. The number of fused-ring (bicyclic) bond motifs is 1. The number of hydrogen-bond donors (Lipinski definition) is 1. The van der Waals surface area contributed by atoms with Crippen molar-refractivity contribution in [2.24, 2.45) is 0 Å². The Morgan fingerprint density at radius 3 is 2.80 bits per heavy atom. The first kappa shape index (κ1) is 14.9. The fraction of sp³-hybridized carbons (Fsp3) is 0.467. The van der Waals surface area contributed by atoms with E-state index in [2.05, 4.69) is 23.5 Å². The minimum absolute atomic E-state index is 0.227. The van der Waals surface area contributed by atoms with Gasteiger partial charge >= 0.3 is 5.97 Å². The molecule has 1 aromatic rings. The van der Waals surface area contributed by atoms with Crippen molar-refractivity contribution in [3.8, 4) is 0 Å². The van der Waals surface area contributed by atoms with E-state index < -0.39 is 12.0 Å². The van der Waals surface area contributed by atoms with E-state index in [1.807, 2.05) is 0 Å². The molecule has 2 rings (SSSR count). The van der Waals surface area contributed by atoms with E-state index in [4.69, 9.17) is 4.74 Å². The summed E-state index contributed by atoms with van der Waals surface area (Å²) >= 11 is 1.56. The lowest BCUT2D eigenvalue weighted by molar-refractivity contribution is -0.144. The molecule has 0 aromatic heterocycles. The summed E-state index contributed by atoms with van der Waals surface area (Å²) in [6.45, 7) is 1.40. The van der Waals surface area contributed by atoms with E-state index in [9.17, 15) is 9.59 Å². The number of rotatable bonds is 5. The quantitative estimate of drug-likeness (QED) is 0.666. The number of benzene rings is 1. The van der Waals surface area contributed by atoms with Gasteiger partial charge in [-0.05, 0) is 42.5 Å². The lowest BCUT2D eigenvalue weighted by atomic mass is 10.1. The van der Waals surface area contributed by atoms with E-state index in [1.165, 1.54) is 31.6 Å². The third kappa shape index (κ3) is 3.76. The van der Waals surface area contributed by atoms with Crippen molar-refractivity contribution in [3.63, 3.8) is 0 Å². The molecular weight excluding hydrogens is 274 g/mol. The zero-order valence-corrected chi connectivity index (χ0v) is 12.6. The molecule has 1 amide bonds. The van der Waals surface area contributed by atoms with Crippen LogP contribution < -0.4 is 5.32 Å². The van der Waals surface area contributed by atoms with Gasteiger partial charge in [0.05, 0.1) is 7.11 Å². The number of amides is 1. The van der Waals surface area contributed by atoms with Crippen LogP contribution in [0.5, 0.6) is 0 Å². The van der Waals surface area contributed by atoms with Crippen molar-refractivity contribution in [1.82, 2.24) is 5.32 Å². The highest BCUT2D eigenvalue weighted by Crippen LogP contribution is 2.27. The summed E-state index contributed by atoms with van der Waals surface area (Å²) in [5.74, 6) is -0.158.